The number of allylic oxidation sites excluding steroid dienone is 5. The van der Waals surface area contributed by atoms with Crippen LogP contribution in [0.15, 0.2) is 108 Å². The second-order valence-corrected chi connectivity index (χ2v) is 19.6. The monoisotopic (exact) mass is 850 g/mol. The van der Waals surface area contributed by atoms with Gasteiger partial charge < -0.3 is 19.7 Å². The van der Waals surface area contributed by atoms with Crippen LogP contribution in [-0.2, 0) is 25.7 Å². The normalized spacial score (nSPS) is 22.2. The molecule has 4 nitrogen and oxygen atoms in total. The maximum absolute atomic E-state index is 12.4. The van der Waals surface area contributed by atoms with E-state index in [2.05, 4.69) is 69.0 Å². The number of aromatic hydroxyl groups is 2. The van der Waals surface area contributed by atoms with Gasteiger partial charge in [-0.1, -0.05) is 61.5 Å². The maximum atomic E-state index is 12.4. The lowest BCUT2D eigenvalue weighted by Crippen LogP contribution is -2.31. The van der Waals surface area contributed by atoms with Crippen LogP contribution in [0.25, 0.3) is 39.0 Å². The van der Waals surface area contributed by atoms with Crippen molar-refractivity contribution in [2.45, 2.75) is 154 Å². The number of fused-ring (bicyclic) bond motifs is 3. The lowest BCUT2D eigenvalue weighted by Gasteiger charge is -2.29. The van der Waals surface area contributed by atoms with Crippen LogP contribution in [0.4, 0.5) is 0 Å². The second-order valence-electron chi connectivity index (χ2n) is 19.6. The van der Waals surface area contributed by atoms with Crippen molar-refractivity contribution in [2.24, 2.45) is 0 Å². The summed E-state index contributed by atoms with van der Waals surface area (Å²) in [4.78, 5) is 0. The number of ether oxygens (including phenoxy) is 2. The van der Waals surface area contributed by atoms with E-state index >= 15 is 0 Å². The average molecular weight is 851 g/mol. The van der Waals surface area contributed by atoms with E-state index < -0.39 is 0 Å². The summed E-state index contributed by atoms with van der Waals surface area (Å²) in [6.45, 7) is 8.97. The highest BCUT2D eigenvalue weighted by atomic mass is 16.5. The topological polar surface area (TPSA) is 58.9 Å². The lowest BCUT2D eigenvalue weighted by atomic mass is 9.76. The molecule has 2 saturated carbocycles. The van der Waals surface area contributed by atoms with Crippen molar-refractivity contribution in [1.82, 2.24) is 0 Å². The molecule has 5 aliphatic carbocycles. The van der Waals surface area contributed by atoms with Crippen molar-refractivity contribution >= 4 is 5.57 Å². The molecule has 330 valence electrons. The van der Waals surface area contributed by atoms with Crippen LogP contribution in [0.2, 0.25) is 0 Å². The number of phenolic OH excluding ortho intramolecular Hbond substituents is 2. The van der Waals surface area contributed by atoms with Gasteiger partial charge in [0.2, 0.25) is 0 Å². The van der Waals surface area contributed by atoms with Crippen LogP contribution >= 0.6 is 0 Å². The predicted molar refractivity (Wildman–Crippen MR) is 264 cm³/mol. The third-order valence-corrected chi connectivity index (χ3v) is 15.1. The van der Waals surface area contributed by atoms with E-state index in [4.69, 9.17) is 9.47 Å². The standard InChI is InChI=1S/C60H66O4/c1-38-33-49(59(61)51(35-38)57-40(3)19-6-4-5-7-20-41-21-8-11-24-44(41)57)47-27-14-16-29-53(47)63-55-31-18-32-56(55)64-54-30-17-15-28-48(54)50-34-39(2)36-52(60(50)62)58-45-25-12-9-22-42(45)37-43-23-10-13-26-46(43)58/h14-17,20,27-30,33-37,55-56,61-62H,3-13,18-19,21-26,31-32H2,1-2H3/b41-20-,57-44+/t55?,56-/m1/s1. The van der Waals surface area contributed by atoms with Gasteiger partial charge in [0.1, 0.15) is 35.2 Å². The Bertz CT molecular complexity index is 2620. The number of phenols is 2. The Morgan fingerprint density at radius 1 is 0.500 bits per heavy atom. The first-order valence-electron chi connectivity index (χ1n) is 24.8. The van der Waals surface area contributed by atoms with Crippen molar-refractivity contribution in [3.8, 4) is 56.4 Å². The van der Waals surface area contributed by atoms with Crippen LogP contribution in [0.1, 0.15) is 142 Å². The molecule has 5 aliphatic rings. The number of benzene rings is 5. The molecule has 0 aromatic heterocycles. The molecule has 10 rings (SSSR count). The fourth-order valence-corrected chi connectivity index (χ4v) is 12.0. The van der Waals surface area contributed by atoms with Gasteiger partial charge in [-0.3, -0.25) is 0 Å². The highest BCUT2D eigenvalue weighted by Gasteiger charge is 2.34. The molecule has 0 saturated heterocycles. The predicted octanol–water partition coefficient (Wildman–Crippen LogP) is 15.6. The minimum absolute atomic E-state index is 0.190. The molecule has 2 N–H and O–H groups in total. The second kappa shape index (κ2) is 18.6. The Kier molecular flexibility index (Phi) is 12.3. The summed E-state index contributed by atoms with van der Waals surface area (Å²) in [5, 5.41) is 24.9. The molecular weight excluding hydrogens is 785 g/mol. The van der Waals surface area contributed by atoms with Gasteiger partial charge in [0.15, 0.2) is 0 Å². The summed E-state index contributed by atoms with van der Waals surface area (Å²) in [6.07, 6.45) is 24.2. The Morgan fingerprint density at radius 3 is 1.66 bits per heavy atom. The molecule has 0 spiro atoms. The third-order valence-electron chi connectivity index (χ3n) is 15.1. The maximum Gasteiger partial charge on any atom is 0.135 e. The molecule has 5 aromatic rings. The molecule has 0 amide bonds. The third kappa shape index (κ3) is 8.34. The first-order valence-corrected chi connectivity index (χ1v) is 24.8. The van der Waals surface area contributed by atoms with Crippen LogP contribution in [-0.4, -0.2) is 22.4 Å². The van der Waals surface area contributed by atoms with E-state index in [-0.39, 0.29) is 12.2 Å². The van der Waals surface area contributed by atoms with Gasteiger partial charge in [0.25, 0.3) is 0 Å². The zero-order chi connectivity index (χ0) is 43.7. The number of hydrogen-bond acceptors (Lipinski definition) is 4. The van der Waals surface area contributed by atoms with Crippen molar-refractivity contribution in [2.75, 3.05) is 0 Å². The summed E-state index contributed by atoms with van der Waals surface area (Å²) < 4.78 is 14.1. The van der Waals surface area contributed by atoms with Crippen molar-refractivity contribution in [1.29, 1.82) is 0 Å². The van der Waals surface area contributed by atoms with Crippen LogP contribution in [0.5, 0.6) is 23.0 Å². The Hall–Kier alpha value is -5.48. The SMILES string of the molecule is C=C1CCCCC/C=C2/CCCC/C2=C/1c1cc(C)cc(-c2ccccc2OC2CCC[C@H]2Oc2ccccc2-c2cc(C)cc(-c3c4c(cc5c3CCCC5)CCCC4)c2O)c1O. The van der Waals surface area contributed by atoms with Gasteiger partial charge in [-0.25, -0.2) is 0 Å². The van der Waals surface area contributed by atoms with E-state index in [9.17, 15) is 10.2 Å². The fraction of sp³-hybridized carbons (Fsp3) is 0.400. The largest absolute Gasteiger partial charge is 0.507 e. The minimum Gasteiger partial charge on any atom is -0.507 e. The molecule has 2 fully saturated rings. The van der Waals surface area contributed by atoms with Gasteiger partial charge in [0.05, 0.1) is 0 Å². The molecule has 0 aliphatic heterocycles. The summed E-state index contributed by atoms with van der Waals surface area (Å²) in [6, 6.07) is 27.5. The fourth-order valence-electron chi connectivity index (χ4n) is 12.0. The van der Waals surface area contributed by atoms with Gasteiger partial charge in [-0.05, 0) is 233 Å². The van der Waals surface area contributed by atoms with E-state index in [1.807, 2.05) is 36.4 Å². The molecule has 0 bridgehead atoms. The van der Waals surface area contributed by atoms with Crippen LogP contribution < -0.4 is 9.47 Å². The zero-order valence-corrected chi connectivity index (χ0v) is 38.3. The van der Waals surface area contributed by atoms with Gasteiger partial charge in [-0.15, -0.1) is 0 Å². The highest BCUT2D eigenvalue weighted by Crippen LogP contribution is 2.50. The first-order chi connectivity index (χ1) is 31.3. The highest BCUT2D eigenvalue weighted by molar-refractivity contribution is 5.91. The molecule has 0 heterocycles. The van der Waals surface area contributed by atoms with Gasteiger partial charge in [-0.2, -0.15) is 0 Å². The van der Waals surface area contributed by atoms with Gasteiger partial charge in [0, 0.05) is 33.4 Å². The van der Waals surface area contributed by atoms with Crippen molar-refractivity contribution < 1.29 is 19.7 Å². The number of hydrogen-bond donors (Lipinski definition) is 2. The molecule has 0 radical (unpaired) electrons. The Balaban J connectivity index is 0.974. The smallest absolute Gasteiger partial charge is 0.135 e. The summed E-state index contributed by atoms with van der Waals surface area (Å²) in [5.74, 6) is 2.16. The number of para-hydroxylation sites is 2. The quantitative estimate of drug-likeness (QED) is 0.163. The van der Waals surface area contributed by atoms with E-state index in [1.165, 1.54) is 90.3 Å². The summed E-state index contributed by atoms with van der Waals surface area (Å²) >= 11 is 0. The molecule has 1 unspecified atom stereocenters. The molecule has 4 heteroatoms. The molecule has 5 aromatic carbocycles. The Labute approximate surface area is 381 Å². The van der Waals surface area contributed by atoms with Crippen LogP contribution in [0, 0.1) is 13.8 Å². The number of aryl methyl sites for hydroxylation is 4. The average Bonchev–Trinajstić information content (AvgIpc) is 3.75. The van der Waals surface area contributed by atoms with Gasteiger partial charge >= 0.3 is 0 Å². The van der Waals surface area contributed by atoms with E-state index in [0.29, 0.717) is 11.5 Å². The molecule has 64 heavy (non-hydrogen) atoms. The van der Waals surface area contributed by atoms with Crippen molar-refractivity contribution in [3.63, 3.8) is 0 Å². The van der Waals surface area contributed by atoms with Crippen LogP contribution in [0.3, 0.4) is 0 Å². The minimum atomic E-state index is -0.192. The zero-order valence-electron chi connectivity index (χ0n) is 38.3. The molecular formula is C60H66O4. The summed E-state index contributed by atoms with van der Waals surface area (Å²) in [7, 11) is 0. The van der Waals surface area contributed by atoms with Crippen molar-refractivity contribution in [3.05, 3.63) is 147 Å². The summed E-state index contributed by atoms with van der Waals surface area (Å²) in [5.41, 5.74) is 19.8. The Morgan fingerprint density at radius 2 is 1.02 bits per heavy atom. The van der Waals surface area contributed by atoms with E-state index in [1.54, 1.807) is 0 Å². The van der Waals surface area contributed by atoms with E-state index in [0.717, 1.165) is 144 Å². The first kappa shape index (κ1) is 42.5. The molecule has 2 atom stereocenters. The lowest BCUT2D eigenvalue weighted by molar-refractivity contribution is 0.0787. The number of rotatable bonds is 8.